The molecule has 1 fully saturated rings. The van der Waals surface area contributed by atoms with Crippen molar-refractivity contribution in [1.29, 1.82) is 0 Å². The SMILES string of the molecule is O=C(O)CN(Cc1cc(F)cc(C(F)(F)F)c1)CC1CC1. The van der Waals surface area contributed by atoms with Crippen molar-refractivity contribution in [3.05, 3.63) is 35.1 Å². The summed E-state index contributed by atoms with van der Waals surface area (Å²) in [7, 11) is 0. The Hall–Kier alpha value is -1.63. The molecule has 1 aliphatic carbocycles. The highest BCUT2D eigenvalue weighted by Gasteiger charge is 2.32. The van der Waals surface area contributed by atoms with Crippen molar-refractivity contribution in [2.24, 2.45) is 5.92 Å². The predicted octanol–water partition coefficient (Wildman–Crippen LogP) is 3.14. The Morgan fingerprint density at radius 3 is 2.48 bits per heavy atom. The fourth-order valence-corrected chi connectivity index (χ4v) is 2.21. The summed E-state index contributed by atoms with van der Waals surface area (Å²) in [6.07, 6.45) is -2.63. The maximum Gasteiger partial charge on any atom is 0.416 e. The second kappa shape index (κ2) is 6.01. The molecule has 0 amide bonds. The van der Waals surface area contributed by atoms with Crippen LogP contribution in [-0.4, -0.2) is 29.1 Å². The Morgan fingerprint density at radius 1 is 1.29 bits per heavy atom. The first kappa shape index (κ1) is 15.8. The number of carboxylic acids is 1. The fourth-order valence-electron chi connectivity index (χ4n) is 2.21. The van der Waals surface area contributed by atoms with Crippen molar-refractivity contribution >= 4 is 5.97 Å². The van der Waals surface area contributed by atoms with E-state index in [9.17, 15) is 22.4 Å². The van der Waals surface area contributed by atoms with Gasteiger partial charge >= 0.3 is 12.1 Å². The Balaban J connectivity index is 2.14. The van der Waals surface area contributed by atoms with Gasteiger partial charge in [-0.1, -0.05) is 0 Å². The zero-order valence-electron chi connectivity index (χ0n) is 11.2. The molecule has 2 rings (SSSR count). The predicted molar refractivity (Wildman–Crippen MR) is 67.0 cm³/mol. The van der Waals surface area contributed by atoms with E-state index in [1.807, 2.05) is 0 Å². The fraction of sp³-hybridized carbons (Fsp3) is 0.500. The number of alkyl halides is 3. The summed E-state index contributed by atoms with van der Waals surface area (Å²) in [5, 5.41) is 8.84. The third-order valence-corrected chi connectivity index (χ3v) is 3.26. The van der Waals surface area contributed by atoms with Crippen LogP contribution in [0.2, 0.25) is 0 Å². The minimum absolute atomic E-state index is 0.0103. The first-order chi connectivity index (χ1) is 9.74. The van der Waals surface area contributed by atoms with Gasteiger partial charge in [0.15, 0.2) is 0 Å². The largest absolute Gasteiger partial charge is 0.480 e. The number of nitrogens with zero attached hydrogens (tertiary/aromatic N) is 1. The Kier molecular flexibility index (Phi) is 4.51. The average molecular weight is 305 g/mol. The van der Waals surface area contributed by atoms with Gasteiger partial charge in [0.05, 0.1) is 12.1 Å². The lowest BCUT2D eigenvalue weighted by Gasteiger charge is -2.20. The lowest BCUT2D eigenvalue weighted by atomic mass is 10.1. The lowest BCUT2D eigenvalue weighted by molar-refractivity contribution is -0.139. The Morgan fingerprint density at radius 2 is 1.95 bits per heavy atom. The van der Waals surface area contributed by atoms with Crippen molar-refractivity contribution < 1.29 is 27.5 Å². The zero-order valence-corrected chi connectivity index (χ0v) is 11.2. The summed E-state index contributed by atoms with van der Waals surface area (Å²) < 4.78 is 51.2. The molecule has 116 valence electrons. The van der Waals surface area contributed by atoms with Crippen LogP contribution in [0.5, 0.6) is 0 Å². The Labute approximate surface area is 119 Å². The molecule has 7 heteroatoms. The van der Waals surface area contributed by atoms with Gasteiger partial charge in [-0.05, 0) is 42.5 Å². The lowest BCUT2D eigenvalue weighted by Crippen LogP contribution is -2.31. The summed E-state index contributed by atoms with van der Waals surface area (Å²) in [6, 6.07) is 2.31. The van der Waals surface area contributed by atoms with Gasteiger partial charge in [0.1, 0.15) is 5.82 Å². The third kappa shape index (κ3) is 5.00. The molecule has 0 radical (unpaired) electrons. The van der Waals surface area contributed by atoms with Gasteiger partial charge in [-0.15, -0.1) is 0 Å². The van der Waals surface area contributed by atoms with E-state index in [0.717, 1.165) is 25.0 Å². The van der Waals surface area contributed by atoms with E-state index < -0.39 is 23.5 Å². The van der Waals surface area contributed by atoms with Crippen LogP contribution in [0.15, 0.2) is 18.2 Å². The van der Waals surface area contributed by atoms with Crippen molar-refractivity contribution in [1.82, 2.24) is 4.90 Å². The number of halogens is 4. The summed E-state index contributed by atoms with van der Waals surface area (Å²) in [6.45, 7) is 0.224. The minimum Gasteiger partial charge on any atom is -0.480 e. The number of rotatable bonds is 6. The molecule has 1 aliphatic rings. The van der Waals surface area contributed by atoms with E-state index in [1.165, 1.54) is 4.90 Å². The van der Waals surface area contributed by atoms with Gasteiger partial charge in [0.2, 0.25) is 0 Å². The van der Waals surface area contributed by atoms with Gasteiger partial charge < -0.3 is 5.11 Å². The number of hydrogen-bond acceptors (Lipinski definition) is 2. The molecule has 0 aliphatic heterocycles. The third-order valence-electron chi connectivity index (χ3n) is 3.26. The number of benzene rings is 1. The van der Waals surface area contributed by atoms with Crippen molar-refractivity contribution in [3.8, 4) is 0 Å². The highest BCUT2D eigenvalue weighted by molar-refractivity contribution is 5.69. The van der Waals surface area contributed by atoms with Crippen LogP contribution in [0.3, 0.4) is 0 Å². The second-order valence-electron chi connectivity index (χ2n) is 5.35. The van der Waals surface area contributed by atoms with Crippen LogP contribution >= 0.6 is 0 Å². The van der Waals surface area contributed by atoms with Crippen LogP contribution in [0, 0.1) is 11.7 Å². The van der Waals surface area contributed by atoms with Crippen molar-refractivity contribution in [2.45, 2.75) is 25.6 Å². The molecule has 0 aromatic heterocycles. The Bertz CT molecular complexity index is 526. The number of carboxylic acid groups (broad SMARTS) is 1. The van der Waals surface area contributed by atoms with E-state index in [-0.39, 0.29) is 18.7 Å². The van der Waals surface area contributed by atoms with Gasteiger partial charge in [-0.2, -0.15) is 13.2 Å². The van der Waals surface area contributed by atoms with Crippen LogP contribution < -0.4 is 0 Å². The van der Waals surface area contributed by atoms with Crippen LogP contribution in [0.4, 0.5) is 17.6 Å². The van der Waals surface area contributed by atoms with E-state index in [0.29, 0.717) is 18.5 Å². The average Bonchev–Trinajstić information content (AvgIpc) is 3.09. The maximum absolute atomic E-state index is 13.3. The highest BCUT2D eigenvalue weighted by Crippen LogP contribution is 2.32. The first-order valence-corrected chi connectivity index (χ1v) is 6.55. The topological polar surface area (TPSA) is 40.5 Å². The molecule has 0 atom stereocenters. The molecule has 3 nitrogen and oxygen atoms in total. The molecule has 0 unspecified atom stereocenters. The molecule has 1 N–H and O–H groups in total. The van der Waals surface area contributed by atoms with Crippen LogP contribution in [0.25, 0.3) is 0 Å². The molecule has 1 aromatic carbocycles. The molecule has 21 heavy (non-hydrogen) atoms. The quantitative estimate of drug-likeness (QED) is 0.821. The van der Waals surface area contributed by atoms with Gasteiger partial charge in [0.25, 0.3) is 0 Å². The van der Waals surface area contributed by atoms with Gasteiger partial charge in [-0.25, -0.2) is 4.39 Å². The number of hydrogen-bond donors (Lipinski definition) is 1. The first-order valence-electron chi connectivity index (χ1n) is 6.55. The van der Waals surface area contributed by atoms with Gasteiger partial charge in [-0.3, -0.25) is 9.69 Å². The summed E-state index contributed by atoms with van der Waals surface area (Å²) in [5.41, 5.74) is -0.927. The number of carbonyl (C=O) groups is 1. The molecule has 0 bridgehead atoms. The summed E-state index contributed by atoms with van der Waals surface area (Å²) in [4.78, 5) is 12.3. The normalized spacial score (nSPS) is 15.5. The number of aliphatic carboxylic acids is 1. The van der Waals surface area contributed by atoms with E-state index >= 15 is 0 Å². The molecule has 1 saturated carbocycles. The minimum atomic E-state index is -4.62. The molecular formula is C14H15F4NO2. The molecule has 0 spiro atoms. The van der Waals surface area contributed by atoms with E-state index in [2.05, 4.69) is 0 Å². The van der Waals surface area contributed by atoms with E-state index in [1.54, 1.807) is 0 Å². The van der Waals surface area contributed by atoms with E-state index in [4.69, 9.17) is 5.11 Å². The maximum atomic E-state index is 13.3. The summed E-state index contributed by atoms with van der Waals surface area (Å²) >= 11 is 0. The van der Waals surface area contributed by atoms with Gasteiger partial charge in [0, 0.05) is 13.1 Å². The zero-order chi connectivity index (χ0) is 15.6. The second-order valence-corrected chi connectivity index (χ2v) is 5.35. The molecule has 0 heterocycles. The highest BCUT2D eigenvalue weighted by atomic mass is 19.4. The van der Waals surface area contributed by atoms with Crippen LogP contribution in [-0.2, 0) is 17.5 Å². The monoisotopic (exact) mass is 305 g/mol. The molecule has 0 saturated heterocycles. The van der Waals surface area contributed by atoms with Crippen LogP contribution in [0.1, 0.15) is 24.0 Å². The van der Waals surface area contributed by atoms with Crippen molar-refractivity contribution in [3.63, 3.8) is 0 Å². The summed E-state index contributed by atoms with van der Waals surface area (Å²) in [5.74, 6) is -1.63. The smallest absolute Gasteiger partial charge is 0.416 e. The van der Waals surface area contributed by atoms with Crippen molar-refractivity contribution in [2.75, 3.05) is 13.1 Å². The molecule has 1 aromatic rings. The molecular weight excluding hydrogens is 290 g/mol. The standard InChI is InChI=1S/C14H15F4NO2/c15-12-4-10(3-11(5-12)14(16,17)18)7-19(8-13(20)21)6-9-1-2-9/h3-5,9H,1-2,6-8H2,(H,20,21).